The summed E-state index contributed by atoms with van der Waals surface area (Å²) in [5.41, 5.74) is 0. The molecule has 0 spiro atoms. The van der Waals surface area contributed by atoms with Gasteiger partial charge in [-0.25, -0.2) is 0 Å². The lowest BCUT2D eigenvalue weighted by molar-refractivity contribution is 1.36. The SMILES string of the molecule is [S-]c1cscc1[S-]. The van der Waals surface area contributed by atoms with Gasteiger partial charge in [0.1, 0.15) is 0 Å². The van der Waals surface area contributed by atoms with Crippen molar-refractivity contribution in [2.24, 2.45) is 0 Å². The van der Waals surface area contributed by atoms with Gasteiger partial charge in [-0.2, -0.15) is 21.1 Å². The van der Waals surface area contributed by atoms with Crippen LogP contribution in [-0.4, -0.2) is 0 Å². The van der Waals surface area contributed by atoms with Gasteiger partial charge in [-0.15, -0.1) is 0 Å². The van der Waals surface area contributed by atoms with Gasteiger partial charge in [-0.3, -0.25) is 0 Å². The van der Waals surface area contributed by atoms with Crippen LogP contribution in [0.15, 0.2) is 20.6 Å². The van der Waals surface area contributed by atoms with E-state index in [9.17, 15) is 0 Å². The highest BCUT2D eigenvalue weighted by Crippen LogP contribution is 2.11. The molecular formula is C4H2S3-2. The summed E-state index contributed by atoms with van der Waals surface area (Å²) in [4.78, 5) is 1.61. The molecule has 0 atom stereocenters. The second-order valence-corrected chi connectivity index (χ2v) is 2.72. The molecule has 0 nitrogen and oxygen atoms in total. The van der Waals surface area contributed by atoms with Crippen LogP contribution in [0.4, 0.5) is 0 Å². The van der Waals surface area contributed by atoms with Crippen LogP contribution in [-0.2, 0) is 25.3 Å². The van der Waals surface area contributed by atoms with Gasteiger partial charge in [-0.1, -0.05) is 0 Å². The standard InChI is InChI=1S/C4H4S3/c5-3-1-7-2-4(3)6/h1-2,5-6H/p-2. The summed E-state index contributed by atoms with van der Waals surface area (Å²) in [6.45, 7) is 0. The second-order valence-electron chi connectivity index (χ2n) is 1.10. The Kier molecular flexibility index (Phi) is 1.46. The monoisotopic (exact) mass is 146 g/mol. The third-order valence-corrected chi connectivity index (χ3v) is 2.44. The first-order chi connectivity index (χ1) is 3.30. The Morgan fingerprint density at radius 3 is 1.71 bits per heavy atom. The predicted octanol–water partition coefficient (Wildman–Crippen LogP) is 1.56. The zero-order valence-electron chi connectivity index (χ0n) is 3.38. The van der Waals surface area contributed by atoms with E-state index in [1.807, 2.05) is 10.8 Å². The fourth-order valence-electron chi connectivity index (χ4n) is 0.274. The van der Waals surface area contributed by atoms with E-state index in [0.717, 1.165) is 9.79 Å². The molecule has 38 valence electrons. The Morgan fingerprint density at radius 2 is 1.57 bits per heavy atom. The number of rotatable bonds is 0. The second kappa shape index (κ2) is 1.94. The van der Waals surface area contributed by atoms with Gasteiger partial charge < -0.3 is 25.3 Å². The molecule has 0 aliphatic rings. The van der Waals surface area contributed by atoms with Gasteiger partial charge in [-0.05, 0) is 10.8 Å². The largest absolute Gasteiger partial charge is 0.780 e. The van der Waals surface area contributed by atoms with Gasteiger partial charge in [0.25, 0.3) is 0 Å². The van der Waals surface area contributed by atoms with Crippen LogP contribution in [0.25, 0.3) is 0 Å². The van der Waals surface area contributed by atoms with Crippen molar-refractivity contribution in [1.82, 2.24) is 0 Å². The van der Waals surface area contributed by atoms with Crippen LogP contribution >= 0.6 is 11.3 Å². The fraction of sp³-hybridized carbons (Fsp3) is 0. The van der Waals surface area contributed by atoms with Gasteiger partial charge in [0.2, 0.25) is 0 Å². The van der Waals surface area contributed by atoms with Crippen molar-refractivity contribution in [2.75, 3.05) is 0 Å². The molecule has 3 heteroatoms. The van der Waals surface area contributed by atoms with Crippen LogP contribution in [0.3, 0.4) is 0 Å². The van der Waals surface area contributed by atoms with E-state index in [1.54, 1.807) is 11.3 Å². The maximum Gasteiger partial charge on any atom is -0.0300 e. The highest BCUT2D eigenvalue weighted by atomic mass is 32.1. The molecular weight excluding hydrogens is 144 g/mol. The van der Waals surface area contributed by atoms with Gasteiger partial charge >= 0.3 is 0 Å². The maximum atomic E-state index is 4.79. The van der Waals surface area contributed by atoms with E-state index in [1.165, 1.54) is 0 Å². The summed E-state index contributed by atoms with van der Waals surface area (Å²) in [7, 11) is 0. The molecule has 0 unspecified atom stereocenters. The summed E-state index contributed by atoms with van der Waals surface area (Å²) < 4.78 is 0. The van der Waals surface area contributed by atoms with Crippen LogP contribution in [0.2, 0.25) is 0 Å². The van der Waals surface area contributed by atoms with Crippen LogP contribution in [0.1, 0.15) is 0 Å². The first-order valence-electron chi connectivity index (χ1n) is 1.71. The average molecular weight is 146 g/mol. The molecule has 0 saturated carbocycles. The highest BCUT2D eigenvalue weighted by Gasteiger charge is 1.70. The lowest BCUT2D eigenvalue weighted by atomic mass is 10.7. The van der Waals surface area contributed by atoms with Crippen molar-refractivity contribution in [3.05, 3.63) is 10.8 Å². The predicted molar refractivity (Wildman–Crippen MR) is 35.6 cm³/mol. The number of hydrogen-bond acceptors (Lipinski definition) is 3. The first kappa shape index (κ1) is 5.28. The zero-order valence-corrected chi connectivity index (χ0v) is 5.83. The van der Waals surface area contributed by atoms with Gasteiger partial charge in [0, 0.05) is 0 Å². The van der Waals surface area contributed by atoms with Crippen LogP contribution in [0, 0.1) is 0 Å². The topological polar surface area (TPSA) is 0 Å². The van der Waals surface area contributed by atoms with Crippen molar-refractivity contribution >= 4 is 36.6 Å². The lowest BCUT2D eigenvalue weighted by Gasteiger charge is -2.09. The molecule has 0 saturated heterocycles. The summed E-state index contributed by atoms with van der Waals surface area (Å²) in [6, 6.07) is 0. The Balaban J connectivity index is 3.12. The molecule has 7 heavy (non-hydrogen) atoms. The maximum absolute atomic E-state index is 4.79. The van der Waals surface area contributed by atoms with E-state index in [4.69, 9.17) is 25.3 Å². The fourth-order valence-corrected chi connectivity index (χ4v) is 1.44. The number of thiophene rings is 1. The minimum atomic E-state index is 0.806. The van der Waals surface area contributed by atoms with E-state index < -0.39 is 0 Å². The molecule has 0 aliphatic heterocycles. The van der Waals surface area contributed by atoms with Gasteiger partial charge in [0.15, 0.2) is 0 Å². The Hall–Kier alpha value is 0.140. The van der Waals surface area contributed by atoms with Crippen LogP contribution < -0.4 is 0 Å². The molecule has 1 rings (SSSR count). The Bertz CT molecular complexity index is 139. The third kappa shape index (κ3) is 1.02. The molecule has 0 radical (unpaired) electrons. The Morgan fingerprint density at radius 1 is 1.14 bits per heavy atom. The van der Waals surface area contributed by atoms with Crippen molar-refractivity contribution in [3.8, 4) is 0 Å². The molecule has 1 aromatic rings. The molecule has 0 N–H and O–H groups in total. The van der Waals surface area contributed by atoms with Crippen molar-refractivity contribution in [1.29, 1.82) is 0 Å². The summed E-state index contributed by atoms with van der Waals surface area (Å²) in [5.74, 6) is 0. The molecule has 0 aliphatic carbocycles. The van der Waals surface area contributed by atoms with E-state index in [0.29, 0.717) is 0 Å². The smallest absolute Gasteiger partial charge is 0.0300 e. The summed E-state index contributed by atoms with van der Waals surface area (Å²) in [6.07, 6.45) is 0. The summed E-state index contributed by atoms with van der Waals surface area (Å²) >= 11 is 11.1. The molecule has 0 aromatic carbocycles. The van der Waals surface area contributed by atoms with Crippen molar-refractivity contribution in [2.45, 2.75) is 9.79 Å². The highest BCUT2D eigenvalue weighted by molar-refractivity contribution is 7.62. The molecule has 1 aromatic heterocycles. The van der Waals surface area contributed by atoms with Crippen molar-refractivity contribution in [3.63, 3.8) is 0 Å². The lowest BCUT2D eigenvalue weighted by Crippen LogP contribution is -1.62. The van der Waals surface area contributed by atoms with Crippen LogP contribution in [0.5, 0.6) is 0 Å². The molecule has 1 heterocycles. The van der Waals surface area contributed by atoms with Gasteiger partial charge in [0.05, 0.1) is 0 Å². The third-order valence-electron chi connectivity index (χ3n) is 0.593. The quantitative estimate of drug-likeness (QED) is 0.509. The number of hydrogen-bond donors (Lipinski definition) is 0. The first-order valence-corrected chi connectivity index (χ1v) is 3.47. The normalized spacial score (nSPS) is 9.14. The minimum absolute atomic E-state index is 0.806. The summed E-state index contributed by atoms with van der Waals surface area (Å²) in [5, 5.41) is 3.75. The Labute approximate surface area is 57.4 Å². The molecule has 0 amide bonds. The van der Waals surface area contributed by atoms with E-state index in [-0.39, 0.29) is 0 Å². The minimum Gasteiger partial charge on any atom is -0.780 e. The molecule has 0 bridgehead atoms. The van der Waals surface area contributed by atoms with E-state index >= 15 is 0 Å². The van der Waals surface area contributed by atoms with Crippen molar-refractivity contribution < 1.29 is 0 Å². The zero-order chi connectivity index (χ0) is 5.28. The average Bonchev–Trinajstić information content (AvgIpc) is 1.91. The van der Waals surface area contributed by atoms with E-state index in [2.05, 4.69) is 0 Å². The molecule has 0 fully saturated rings.